The van der Waals surface area contributed by atoms with Gasteiger partial charge in [0.1, 0.15) is 17.8 Å². The molecule has 35 heavy (non-hydrogen) atoms. The average Bonchev–Trinajstić information content (AvgIpc) is 3.46. The third-order valence-corrected chi connectivity index (χ3v) is 6.87. The molecule has 2 aromatic heterocycles. The monoisotopic (exact) mass is 470 g/mol. The van der Waals surface area contributed by atoms with Gasteiger partial charge in [0, 0.05) is 30.4 Å². The number of imidazole rings is 1. The van der Waals surface area contributed by atoms with E-state index < -0.39 is 0 Å². The molecule has 0 amide bonds. The van der Waals surface area contributed by atoms with E-state index in [1.165, 1.54) is 11.3 Å². The maximum atomic E-state index is 6.28. The second kappa shape index (κ2) is 9.30. The predicted octanol–water partition coefficient (Wildman–Crippen LogP) is 4.70. The highest BCUT2D eigenvalue weighted by Crippen LogP contribution is 2.41. The Morgan fingerprint density at radius 2 is 1.89 bits per heavy atom. The molecular formula is C28H34N6O. The molecule has 0 atom stereocenters. The van der Waals surface area contributed by atoms with Crippen molar-refractivity contribution >= 4 is 16.7 Å². The van der Waals surface area contributed by atoms with Crippen molar-refractivity contribution in [2.45, 2.75) is 58.7 Å². The van der Waals surface area contributed by atoms with Crippen LogP contribution < -0.4 is 10.5 Å². The van der Waals surface area contributed by atoms with Crippen molar-refractivity contribution in [1.82, 2.24) is 24.4 Å². The van der Waals surface area contributed by atoms with Crippen LogP contribution in [0.1, 0.15) is 51.9 Å². The van der Waals surface area contributed by atoms with Gasteiger partial charge in [0.05, 0.1) is 6.54 Å². The molecule has 1 saturated heterocycles. The number of allylic oxidation sites excluding steroid dienone is 5. The summed E-state index contributed by atoms with van der Waals surface area (Å²) < 4.78 is 8.45. The Kier molecular flexibility index (Phi) is 6.19. The Morgan fingerprint density at radius 3 is 2.51 bits per heavy atom. The Labute approximate surface area is 207 Å². The summed E-state index contributed by atoms with van der Waals surface area (Å²) in [5.41, 5.74) is 11.9. The summed E-state index contributed by atoms with van der Waals surface area (Å²) >= 11 is 0. The van der Waals surface area contributed by atoms with Crippen molar-refractivity contribution in [1.29, 1.82) is 0 Å². The van der Waals surface area contributed by atoms with Crippen LogP contribution in [-0.4, -0.2) is 49.2 Å². The van der Waals surface area contributed by atoms with Gasteiger partial charge in [0.2, 0.25) is 5.88 Å². The minimum Gasteiger partial charge on any atom is -0.470 e. The van der Waals surface area contributed by atoms with Crippen molar-refractivity contribution in [3.8, 4) is 5.88 Å². The Balaban J connectivity index is 1.59. The molecule has 2 aliphatic rings. The maximum absolute atomic E-state index is 6.28. The van der Waals surface area contributed by atoms with Gasteiger partial charge in [-0.05, 0) is 57.7 Å². The van der Waals surface area contributed by atoms with Crippen LogP contribution in [0.2, 0.25) is 0 Å². The number of ether oxygens (including phenoxy) is 1. The molecule has 0 bridgehead atoms. The van der Waals surface area contributed by atoms with E-state index in [2.05, 4.69) is 89.6 Å². The highest BCUT2D eigenvalue weighted by atomic mass is 16.5. The molecule has 1 aliphatic heterocycles. The molecule has 0 unspecified atom stereocenters. The zero-order valence-corrected chi connectivity index (χ0v) is 21.0. The van der Waals surface area contributed by atoms with E-state index in [1.54, 1.807) is 6.33 Å². The fraction of sp³-hybridized carbons (Fsp3) is 0.393. The van der Waals surface area contributed by atoms with E-state index >= 15 is 0 Å². The zero-order chi connectivity index (χ0) is 24.6. The summed E-state index contributed by atoms with van der Waals surface area (Å²) in [5.74, 6) is 1.42. The van der Waals surface area contributed by atoms with Crippen molar-refractivity contribution < 1.29 is 4.74 Å². The van der Waals surface area contributed by atoms with Crippen LogP contribution in [0.15, 0.2) is 66.2 Å². The standard InChI is InChI=1S/C28H34N6O/c1-5-22(33-16-21(29)17-33)14-19(3)23(6-2)25-32-24-26(34(25)15-20-10-8-7-9-11-20)30-18-31-27(24)35-28(4)12-13-28/h5-11,14,18,21H,12-13,15-17,29H2,1-4H3/b19-14-,22-5+,23-6+. The number of hydrogen-bond donors (Lipinski definition) is 1. The second-order valence-corrected chi connectivity index (χ2v) is 9.82. The maximum Gasteiger partial charge on any atom is 0.245 e. The second-order valence-electron chi connectivity index (χ2n) is 9.82. The van der Waals surface area contributed by atoms with Gasteiger partial charge in [-0.1, -0.05) is 42.5 Å². The molecule has 2 N–H and O–H groups in total. The fourth-order valence-corrected chi connectivity index (χ4v) is 4.54. The summed E-state index contributed by atoms with van der Waals surface area (Å²) in [4.78, 5) is 16.5. The van der Waals surface area contributed by atoms with E-state index in [0.29, 0.717) is 17.9 Å². The lowest BCUT2D eigenvalue weighted by Crippen LogP contribution is -2.54. The van der Waals surface area contributed by atoms with E-state index in [4.69, 9.17) is 15.5 Å². The number of aromatic nitrogens is 4. The van der Waals surface area contributed by atoms with Crippen LogP contribution in [0.5, 0.6) is 5.88 Å². The van der Waals surface area contributed by atoms with Gasteiger partial charge in [0.25, 0.3) is 0 Å². The fourth-order valence-electron chi connectivity index (χ4n) is 4.54. The molecule has 0 spiro atoms. The Bertz CT molecular complexity index is 1310. The molecule has 1 aromatic carbocycles. The highest BCUT2D eigenvalue weighted by molar-refractivity contribution is 5.84. The Hall–Kier alpha value is -3.45. The third-order valence-electron chi connectivity index (χ3n) is 6.87. The van der Waals surface area contributed by atoms with Gasteiger partial charge in [-0.25, -0.2) is 9.97 Å². The zero-order valence-electron chi connectivity index (χ0n) is 21.0. The molecule has 182 valence electrons. The van der Waals surface area contributed by atoms with E-state index in [-0.39, 0.29) is 11.6 Å². The van der Waals surface area contributed by atoms with Crippen LogP contribution in [0.3, 0.4) is 0 Å². The van der Waals surface area contributed by atoms with E-state index in [9.17, 15) is 0 Å². The van der Waals surface area contributed by atoms with Crippen LogP contribution in [0.25, 0.3) is 16.7 Å². The normalized spacial score (nSPS) is 18.7. The summed E-state index contributed by atoms with van der Waals surface area (Å²) in [5, 5.41) is 0. The number of benzene rings is 1. The highest BCUT2D eigenvalue weighted by Gasteiger charge is 2.41. The lowest BCUT2D eigenvalue weighted by atomic mass is 10.0. The van der Waals surface area contributed by atoms with Gasteiger partial charge in [-0.2, -0.15) is 4.98 Å². The molecule has 1 aliphatic carbocycles. The third kappa shape index (κ3) is 4.73. The summed E-state index contributed by atoms with van der Waals surface area (Å²) in [6.07, 6.45) is 10.1. The summed E-state index contributed by atoms with van der Waals surface area (Å²) in [7, 11) is 0. The molecule has 1 saturated carbocycles. The van der Waals surface area contributed by atoms with Gasteiger partial charge >= 0.3 is 0 Å². The SMILES string of the molecule is C\C=C(/C(C)=C\C(=C/C)N1CC(N)C1)c1nc2c(OC3(C)CC3)ncnc2n1Cc1ccccc1. The first-order valence-corrected chi connectivity index (χ1v) is 12.4. The number of nitrogens with zero attached hydrogens (tertiary/aromatic N) is 5. The van der Waals surface area contributed by atoms with Gasteiger partial charge in [0.15, 0.2) is 11.2 Å². The molecule has 7 heteroatoms. The lowest BCUT2D eigenvalue weighted by Gasteiger charge is -2.39. The Morgan fingerprint density at radius 1 is 1.14 bits per heavy atom. The van der Waals surface area contributed by atoms with Crippen molar-refractivity contribution in [3.63, 3.8) is 0 Å². The molecule has 2 fully saturated rings. The lowest BCUT2D eigenvalue weighted by molar-refractivity contribution is 0.194. The molecule has 3 heterocycles. The molecule has 5 rings (SSSR count). The number of hydrogen-bond acceptors (Lipinski definition) is 6. The first-order chi connectivity index (χ1) is 16.9. The van der Waals surface area contributed by atoms with E-state index in [1.807, 2.05) is 6.07 Å². The summed E-state index contributed by atoms with van der Waals surface area (Å²) in [6, 6.07) is 10.7. The van der Waals surface area contributed by atoms with Gasteiger partial charge in [-0.3, -0.25) is 0 Å². The molecule has 7 nitrogen and oxygen atoms in total. The quantitative estimate of drug-likeness (QED) is 0.481. The predicted molar refractivity (Wildman–Crippen MR) is 140 cm³/mol. The van der Waals surface area contributed by atoms with Gasteiger partial charge < -0.3 is 19.9 Å². The number of nitrogens with two attached hydrogens (primary N) is 1. The van der Waals surface area contributed by atoms with Crippen molar-refractivity contribution in [2.24, 2.45) is 5.73 Å². The topological polar surface area (TPSA) is 82.1 Å². The minimum absolute atomic E-state index is 0.150. The van der Waals surface area contributed by atoms with E-state index in [0.717, 1.165) is 48.5 Å². The van der Waals surface area contributed by atoms with Crippen molar-refractivity contribution in [3.05, 3.63) is 77.5 Å². The number of likely N-dealkylation sites (tertiary alicyclic amines) is 1. The first kappa shape index (κ1) is 23.3. The van der Waals surface area contributed by atoms with Crippen LogP contribution in [0, 0.1) is 0 Å². The summed E-state index contributed by atoms with van der Waals surface area (Å²) in [6.45, 7) is 10.8. The van der Waals surface area contributed by atoms with Crippen LogP contribution >= 0.6 is 0 Å². The van der Waals surface area contributed by atoms with Gasteiger partial charge in [-0.15, -0.1) is 0 Å². The number of rotatable bonds is 8. The van der Waals surface area contributed by atoms with Crippen LogP contribution in [0.4, 0.5) is 0 Å². The first-order valence-electron chi connectivity index (χ1n) is 12.4. The average molecular weight is 471 g/mol. The largest absolute Gasteiger partial charge is 0.470 e. The minimum atomic E-state index is -0.150. The molecular weight excluding hydrogens is 436 g/mol. The number of fused-ring (bicyclic) bond motifs is 1. The molecule has 3 aromatic rings. The smallest absolute Gasteiger partial charge is 0.245 e. The van der Waals surface area contributed by atoms with Crippen LogP contribution in [-0.2, 0) is 6.54 Å². The van der Waals surface area contributed by atoms with Crippen molar-refractivity contribution in [2.75, 3.05) is 13.1 Å². The molecule has 0 radical (unpaired) electrons.